The molecule has 0 aromatic heterocycles. The van der Waals surface area contributed by atoms with Gasteiger partial charge in [0.25, 0.3) is 0 Å². The summed E-state index contributed by atoms with van der Waals surface area (Å²) >= 11 is 0. The average molecular weight is 302 g/mol. The molecule has 0 aliphatic rings. The standard InChI is InChI=1S/C14H23FN2O2S/c1-4-20(18,19)17-10-9-16-14(11(2)3)12-5-7-13(15)8-6-12/h5-8,11,14,16-17H,4,9-10H2,1-3H3/t14-/m0/s1. The van der Waals surface area contributed by atoms with Crippen LogP contribution in [0.3, 0.4) is 0 Å². The van der Waals surface area contributed by atoms with Gasteiger partial charge in [-0.3, -0.25) is 0 Å². The first kappa shape index (κ1) is 17.1. The van der Waals surface area contributed by atoms with E-state index in [2.05, 4.69) is 23.9 Å². The SMILES string of the molecule is CCS(=O)(=O)NCCN[C@H](c1ccc(F)cc1)C(C)C. The van der Waals surface area contributed by atoms with Crippen molar-refractivity contribution in [3.8, 4) is 0 Å². The lowest BCUT2D eigenvalue weighted by atomic mass is 9.96. The normalized spacial score (nSPS) is 13.7. The van der Waals surface area contributed by atoms with Crippen molar-refractivity contribution in [2.45, 2.75) is 26.8 Å². The van der Waals surface area contributed by atoms with Crippen LogP contribution in [0, 0.1) is 11.7 Å². The molecular weight excluding hydrogens is 279 g/mol. The lowest BCUT2D eigenvalue weighted by Crippen LogP contribution is -2.35. The highest BCUT2D eigenvalue weighted by molar-refractivity contribution is 7.89. The van der Waals surface area contributed by atoms with Crippen LogP contribution in [-0.2, 0) is 10.0 Å². The summed E-state index contributed by atoms with van der Waals surface area (Å²) in [6.45, 7) is 6.61. The van der Waals surface area contributed by atoms with Gasteiger partial charge in [-0.1, -0.05) is 26.0 Å². The first-order valence-corrected chi connectivity index (χ1v) is 8.47. The summed E-state index contributed by atoms with van der Waals surface area (Å²) in [5.41, 5.74) is 1.000. The Bertz CT molecular complexity index is 500. The molecule has 2 N–H and O–H groups in total. The van der Waals surface area contributed by atoms with Crippen molar-refractivity contribution in [2.24, 2.45) is 5.92 Å². The van der Waals surface area contributed by atoms with Crippen molar-refractivity contribution in [3.05, 3.63) is 35.6 Å². The zero-order valence-electron chi connectivity index (χ0n) is 12.2. The van der Waals surface area contributed by atoms with Gasteiger partial charge in [0.05, 0.1) is 5.75 Å². The topological polar surface area (TPSA) is 58.2 Å². The average Bonchev–Trinajstić information content (AvgIpc) is 2.40. The van der Waals surface area contributed by atoms with Crippen LogP contribution in [0.4, 0.5) is 4.39 Å². The number of hydrogen-bond donors (Lipinski definition) is 2. The van der Waals surface area contributed by atoms with E-state index in [9.17, 15) is 12.8 Å². The van der Waals surface area contributed by atoms with Crippen molar-refractivity contribution in [3.63, 3.8) is 0 Å². The van der Waals surface area contributed by atoms with Gasteiger partial charge in [0.1, 0.15) is 5.82 Å². The van der Waals surface area contributed by atoms with Gasteiger partial charge in [-0.05, 0) is 30.5 Å². The molecule has 1 aromatic rings. The highest BCUT2D eigenvalue weighted by atomic mass is 32.2. The van der Waals surface area contributed by atoms with Gasteiger partial charge in [0, 0.05) is 19.1 Å². The lowest BCUT2D eigenvalue weighted by molar-refractivity contribution is 0.413. The minimum atomic E-state index is -3.15. The third kappa shape index (κ3) is 5.56. The van der Waals surface area contributed by atoms with Crippen LogP contribution < -0.4 is 10.0 Å². The molecule has 0 saturated heterocycles. The molecule has 1 aromatic carbocycles. The van der Waals surface area contributed by atoms with Gasteiger partial charge in [0.15, 0.2) is 0 Å². The summed E-state index contributed by atoms with van der Waals surface area (Å²) in [5, 5.41) is 3.30. The van der Waals surface area contributed by atoms with Crippen molar-refractivity contribution in [1.29, 1.82) is 0 Å². The smallest absolute Gasteiger partial charge is 0.211 e. The fourth-order valence-electron chi connectivity index (χ4n) is 1.94. The second-order valence-corrected chi connectivity index (χ2v) is 7.12. The number of hydrogen-bond acceptors (Lipinski definition) is 3. The van der Waals surface area contributed by atoms with Crippen LogP contribution in [0.1, 0.15) is 32.4 Å². The minimum absolute atomic E-state index is 0.0710. The number of benzene rings is 1. The Morgan fingerprint density at radius 2 is 1.75 bits per heavy atom. The van der Waals surface area contributed by atoms with E-state index < -0.39 is 10.0 Å². The van der Waals surface area contributed by atoms with Crippen LogP contribution in [0.5, 0.6) is 0 Å². The minimum Gasteiger partial charge on any atom is -0.308 e. The molecule has 1 rings (SSSR count). The second-order valence-electron chi connectivity index (χ2n) is 5.03. The molecular formula is C14H23FN2O2S. The Hall–Kier alpha value is -0.980. The van der Waals surface area contributed by atoms with Crippen molar-refractivity contribution in [1.82, 2.24) is 10.0 Å². The highest BCUT2D eigenvalue weighted by Gasteiger charge is 2.15. The number of rotatable bonds is 8. The molecule has 0 heterocycles. The number of sulfonamides is 1. The van der Waals surface area contributed by atoms with Gasteiger partial charge in [0.2, 0.25) is 10.0 Å². The lowest BCUT2D eigenvalue weighted by Gasteiger charge is -2.23. The monoisotopic (exact) mass is 302 g/mol. The Labute approximate surface area is 120 Å². The molecule has 114 valence electrons. The maximum atomic E-state index is 12.9. The third-order valence-electron chi connectivity index (χ3n) is 3.09. The molecule has 0 unspecified atom stereocenters. The van der Waals surface area contributed by atoms with Gasteiger partial charge in [-0.2, -0.15) is 0 Å². The predicted octanol–water partition coefficient (Wildman–Crippen LogP) is 2.05. The van der Waals surface area contributed by atoms with Crippen LogP contribution in [0.25, 0.3) is 0 Å². The summed E-state index contributed by atoms with van der Waals surface area (Å²) in [6, 6.07) is 6.45. The quantitative estimate of drug-likeness (QED) is 0.723. The highest BCUT2D eigenvalue weighted by Crippen LogP contribution is 2.21. The van der Waals surface area contributed by atoms with Gasteiger partial charge in [-0.25, -0.2) is 17.5 Å². The first-order valence-electron chi connectivity index (χ1n) is 6.82. The van der Waals surface area contributed by atoms with Crippen molar-refractivity contribution < 1.29 is 12.8 Å². The van der Waals surface area contributed by atoms with E-state index in [1.54, 1.807) is 19.1 Å². The molecule has 4 nitrogen and oxygen atoms in total. The van der Waals surface area contributed by atoms with Crippen LogP contribution >= 0.6 is 0 Å². The van der Waals surface area contributed by atoms with Crippen molar-refractivity contribution in [2.75, 3.05) is 18.8 Å². The number of halogens is 1. The summed E-state index contributed by atoms with van der Waals surface area (Å²) in [7, 11) is -3.15. The Kier molecular flexibility index (Phi) is 6.58. The van der Waals surface area contributed by atoms with Gasteiger partial charge >= 0.3 is 0 Å². The Morgan fingerprint density at radius 3 is 2.25 bits per heavy atom. The molecule has 0 aliphatic heterocycles. The molecule has 0 radical (unpaired) electrons. The largest absolute Gasteiger partial charge is 0.308 e. The summed E-state index contributed by atoms with van der Waals surface area (Å²) in [6.07, 6.45) is 0. The second kappa shape index (κ2) is 7.71. The Balaban J connectivity index is 2.54. The molecule has 0 aliphatic carbocycles. The van der Waals surface area contributed by atoms with Crippen LogP contribution in [0.15, 0.2) is 24.3 Å². The predicted molar refractivity (Wildman–Crippen MR) is 79.4 cm³/mol. The van der Waals surface area contributed by atoms with E-state index in [4.69, 9.17) is 0 Å². The first-order chi connectivity index (χ1) is 9.35. The summed E-state index contributed by atoms with van der Waals surface area (Å²) in [5.74, 6) is 0.147. The maximum Gasteiger partial charge on any atom is 0.211 e. The zero-order chi connectivity index (χ0) is 15.2. The summed E-state index contributed by atoms with van der Waals surface area (Å²) in [4.78, 5) is 0. The molecule has 0 spiro atoms. The van der Waals surface area contributed by atoms with Gasteiger partial charge in [-0.15, -0.1) is 0 Å². The third-order valence-corrected chi connectivity index (χ3v) is 4.49. The molecule has 0 fully saturated rings. The number of nitrogens with one attached hydrogen (secondary N) is 2. The molecule has 1 atom stereocenters. The van der Waals surface area contributed by atoms with E-state index >= 15 is 0 Å². The molecule has 0 amide bonds. The van der Waals surface area contributed by atoms with Crippen LogP contribution in [0.2, 0.25) is 0 Å². The fourth-order valence-corrected chi connectivity index (χ4v) is 2.56. The molecule has 0 bridgehead atoms. The zero-order valence-corrected chi connectivity index (χ0v) is 13.0. The Morgan fingerprint density at radius 1 is 1.15 bits per heavy atom. The van der Waals surface area contributed by atoms with E-state index in [1.807, 2.05) is 0 Å². The van der Waals surface area contributed by atoms with E-state index in [-0.39, 0.29) is 17.6 Å². The molecule has 0 saturated carbocycles. The maximum absolute atomic E-state index is 12.9. The van der Waals surface area contributed by atoms with Crippen LogP contribution in [-0.4, -0.2) is 27.3 Å². The molecule has 20 heavy (non-hydrogen) atoms. The van der Waals surface area contributed by atoms with Gasteiger partial charge < -0.3 is 5.32 Å². The molecule has 6 heteroatoms. The fraction of sp³-hybridized carbons (Fsp3) is 0.571. The van der Waals surface area contributed by atoms with E-state index in [0.29, 0.717) is 19.0 Å². The van der Waals surface area contributed by atoms with Crippen molar-refractivity contribution >= 4 is 10.0 Å². The summed E-state index contributed by atoms with van der Waals surface area (Å²) < 4.78 is 38.1. The van der Waals surface area contributed by atoms with E-state index in [1.165, 1.54) is 12.1 Å². The van der Waals surface area contributed by atoms with E-state index in [0.717, 1.165) is 5.56 Å².